The number of amides is 1. The largest absolute Gasteiger partial charge is 0.497 e. The molecule has 0 saturated carbocycles. The summed E-state index contributed by atoms with van der Waals surface area (Å²) >= 11 is 0. The highest BCUT2D eigenvalue weighted by Crippen LogP contribution is 2.25. The van der Waals surface area contributed by atoms with Gasteiger partial charge in [0.05, 0.1) is 25.9 Å². The fraction of sp³-hybridized carbons (Fsp3) is 0.300. The third-order valence-electron chi connectivity index (χ3n) is 3.93. The summed E-state index contributed by atoms with van der Waals surface area (Å²) in [4.78, 5) is 12.6. The van der Waals surface area contributed by atoms with E-state index in [0.717, 1.165) is 0 Å². The predicted octanol–water partition coefficient (Wildman–Crippen LogP) is 3.11. The number of carbonyl (C=O) groups is 1. The van der Waals surface area contributed by atoms with E-state index < -0.39 is 17.8 Å². The quantitative estimate of drug-likeness (QED) is 0.770. The number of hydrogen-bond donors (Lipinski definition) is 1. The predicted molar refractivity (Wildman–Crippen MR) is 96.9 cm³/mol. The molecule has 2 aromatic rings. The van der Waals surface area contributed by atoms with Crippen molar-refractivity contribution in [1.29, 1.82) is 5.26 Å². The van der Waals surface area contributed by atoms with Gasteiger partial charge in [0.2, 0.25) is 0 Å². The van der Waals surface area contributed by atoms with E-state index in [1.165, 1.54) is 26.4 Å². The van der Waals surface area contributed by atoms with Crippen molar-refractivity contribution in [3.63, 3.8) is 0 Å². The minimum Gasteiger partial charge on any atom is -0.497 e. The summed E-state index contributed by atoms with van der Waals surface area (Å²) in [5.74, 6) is -0.224. The lowest BCUT2D eigenvalue weighted by atomic mass is 10.1. The average molecular weight is 372 g/mol. The van der Waals surface area contributed by atoms with Crippen LogP contribution < -0.4 is 14.8 Å². The van der Waals surface area contributed by atoms with Crippen LogP contribution >= 0.6 is 0 Å². The average Bonchev–Trinajstić information content (AvgIpc) is 2.70. The molecule has 27 heavy (non-hydrogen) atoms. The molecule has 0 aromatic heterocycles. The molecular weight excluding hydrogens is 351 g/mol. The molecule has 7 heteroatoms. The molecule has 0 saturated heterocycles. The zero-order chi connectivity index (χ0) is 19.8. The van der Waals surface area contributed by atoms with Gasteiger partial charge in [-0.15, -0.1) is 0 Å². The van der Waals surface area contributed by atoms with Crippen molar-refractivity contribution in [2.24, 2.45) is 0 Å². The molecule has 0 unspecified atom stereocenters. The molecule has 0 bridgehead atoms. The van der Waals surface area contributed by atoms with Crippen LogP contribution in [0.3, 0.4) is 0 Å². The van der Waals surface area contributed by atoms with Gasteiger partial charge in [0.1, 0.15) is 17.3 Å². The van der Waals surface area contributed by atoms with Gasteiger partial charge in [-0.3, -0.25) is 4.79 Å². The molecular formula is C20H21FN2O4. The van der Waals surface area contributed by atoms with E-state index in [4.69, 9.17) is 19.5 Å². The number of halogens is 1. The van der Waals surface area contributed by atoms with Crippen LogP contribution in [-0.2, 0) is 16.1 Å². The molecule has 0 aliphatic rings. The number of methoxy groups -OCH3 is 2. The Morgan fingerprint density at radius 2 is 2.00 bits per heavy atom. The Morgan fingerprint density at radius 3 is 2.59 bits per heavy atom. The monoisotopic (exact) mass is 372 g/mol. The first-order chi connectivity index (χ1) is 13.0. The topological polar surface area (TPSA) is 80.6 Å². The summed E-state index contributed by atoms with van der Waals surface area (Å²) in [7, 11) is 2.92. The van der Waals surface area contributed by atoms with Crippen LogP contribution in [-0.4, -0.2) is 26.7 Å². The third kappa shape index (κ3) is 4.96. The molecule has 1 amide bonds. The molecule has 0 radical (unpaired) electrons. The number of nitrogens with zero attached hydrogens (tertiary/aromatic N) is 1. The second kappa shape index (κ2) is 9.55. The smallest absolute Gasteiger partial charge is 0.254 e. The molecule has 0 aliphatic heterocycles. The van der Waals surface area contributed by atoms with E-state index in [1.807, 2.05) is 6.07 Å². The SMILES string of the molecule is CCO[C@H](C(=O)NCc1ccc(C#N)cc1OC)c1ccc(OC)cc1F. The van der Waals surface area contributed by atoms with Crippen molar-refractivity contribution >= 4 is 5.91 Å². The van der Waals surface area contributed by atoms with Gasteiger partial charge >= 0.3 is 0 Å². The summed E-state index contributed by atoms with van der Waals surface area (Å²) in [6, 6.07) is 11.2. The van der Waals surface area contributed by atoms with Gasteiger partial charge in [0.25, 0.3) is 5.91 Å². The van der Waals surface area contributed by atoms with Gasteiger partial charge < -0.3 is 19.5 Å². The molecule has 0 aliphatic carbocycles. The molecule has 142 valence electrons. The van der Waals surface area contributed by atoms with Crippen LogP contribution in [0.1, 0.15) is 29.7 Å². The molecule has 6 nitrogen and oxygen atoms in total. The lowest BCUT2D eigenvalue weighted by Gasteiger charge is -2.19. The summed E-state index contributed by atoms with van der Waals surface area (Å²) < 4.78 is 30.0. The molecule has 2 rings (SSSR count). The van der Waals surface area contributed by atoms with Crippen LogP contribution in [0.4, 0.5) is 4.39 Å². The maximum absolute atomic E-state index is 14.3. The number of nitriles is 1. The minimum absolute atomic E-state index is 0.127. The first-order valence-corrected chi connectivity index (χ1v) is 8.33. The van der Waals surface area contributed by atoms with Crippen molar-refractivity contribution in [1.82, 2.24) is 5.32 Å². The Hall–Kier alpha value is -3.11. The van der Waals surface area contributed by atoms with Crippen molar-refractivity contribution < 1.29 is 23.4 Å². The normalized spacial score (nSPS) is 11.4. The molecule has 1 atom stereocenters. The number of hydrogen-bond acceptors (Lipinski definition) is 5. The summed E-state index contributed by atoms with van der Waals surface area (Å²) in [5.41, 5.74) is 1.27. The first-order valence-electron chi connectivity index (χ1n) is 8.33. The van der Waals surface area contributed by atoms with Crippen LogP contribution in [0.5, 0.6) is 11.5 Å². The Bertz CT molecular complexity index is 848. The first kappa shape index (κ1) is 20.2. The van der Waals surface area contributed by atoms with E-state index in [-0.39, 0.29) is 18.7 Å². The highest BCUT2D eigenvalue weighted by molar-refractivity contribution is 5.82. The van der Waals surface area contributed by atoms with Gasteiger partial charge in [0, 0.05) is 30.3 Å². The Morgan fingerprint density at radius 1 is 1.22 bits per heavy atom. The Labute approximate surface area is 157 Å². The Balaban J connectivity index is 2.17. The molecule has 0 heterocycles. The van der Waals surface area contributed by atoms with Gasteiger partial charge in [-0.2, -0.15) is 5.26 Å². The molecule has 0 spiro atoms. The third-order valence-corrected chi connectivity index (χ3v) is 3.93. The second-order valence-corrected chi connectivity index (χ2v) is 5.58. The maximum atomic E-state index is 14.3. The van der Waals surface area contributed by atoms with Crippen LogP contribution in [0.15, 0.2) is 36.4 Å². The molecule has 1 N–H and O–H groups in total. The summed E-state index contributed by atoms with van der Waals surface area (Å²) in [6.07, 6.45) is -1.09. The van der Waals surface area contributed by atoms with Crippen molar-refractivity contribution in [2.75, 3.05) is 20.8 Å². The van der Waals surface area contributed by atoms with Gasteiger partial charge in [-0.25, -0.2) is 4.39 Å². The molecule has 2 aromatic carbocycles. The standard InChI is InChI=1S/C20H21FN2O4/c1-4-27-19(16-8-7-15(25-2)10-17(16)21)20(24)23-12-14-6-5-13(11-22)9-18(14)26-3/h5-10,19H,4,12H2,1-3H3,(H,23,24)/t19-/m0/s1. The number of benzene rings is 2. The van der Waals surface area contributed by atoms with Gasteiger partial charge in [-0.1, -0.05) is 6.07 Å². The van der Waals surface area contributed by atoms with Gasteiger partial charge in [0.15, 0.2) is 6.10 Å². The Kier molecular flexibility index (Phi) is 7.15. The van der Waals surface area contributed by atoms with Crippen LogP contribution in [0, 0.1) is 17.1 Å². The zero-order valence-electron chi connectivity index (χ0n) is 15.4. The maximum Gasteiger partial charge on any atom is 0.254 e. The second-order valence-electron chi connectivity index (χ2n) is 5.58. The van der Waals surface area contributed by atoms with Crippen LogP contribution in [0.25, 0.3) is 0 Å². The van der Waals surface area contributed by atoms with E-state index in [9.17, 15) is 9.18 Å². The fourth-order valence-electron chi connectivity index (χ4n) is 2.56. The van der Waals surface area contributed by atoms with Gasteiger partial charge in [-0.05, 0) is 31.2 Å². The number of ether oxygens (including phenoxy) is 3. The minimum atomic E-state index is -1.09. The van der Waals surface area contributed by atoms with E-state index in [2.05, 4.69) is 5.32 Å². The van der Waals surface area contributed by atoms with Crippen molar-refractivity contribution in [2.45, 2.75) is 19.6 Å². The highest BCUT2D eigenvalue weighted by Gasteiger charge is 2.24. The zero-order valence-corrected chi connectivity index (χ0v) is 15.4. The number of nitrogens with one attached hydrogen (secondary N) is 1. The number of rotatable bonds is 8. The summed E-state index contributed by atoms with van der Waals surface area (Å²) in [5, 5.41) is 11.7. The van der Waals surface area contributed by atoms with Crippen LogP contribution in [0.2, 0.25) is 0 Å². The summed E-state index contributed by atoms with van der Waals surface area (Å²) in [6.45, 7) is 2.12. The number of carbonyl (C=O) groups excluding carboxylic acids is 1. The van der Waals surface area contributed by atoms with E-state index >= 15 is 0 Å². The lowest BCUT2D eigenvalue weighted by molar-refractivity contribution is -0.133. The fourth-order valence-corrected chi connectivity index (χ4v) is 2.56. The lowest BCUT2D eigenvalue weighted by Crippen LogP contribution is -2.31. The van der Waals surface area contributed by atoms with Crippen molar-refractivity contribution in [3.8, 4) is 17.6 Å². The molecule has 0 fully saturated rings. The highest BCUT2D eigenvalue weighted by atomic mass is 19.1. The van der Waals surface area contributed by atoms with E-state index in [0.29, 0.717) is 22.6 Å². The van der Waals surface area contributed by atoms with Crippen molar-refractivity contribution in [3.05, 3.63) is 58.9 Å². The van der Waals surface area contributed by atoms with E-state index in [1.54, 1.807) is 31.2 Å².